The van der Waals surface area contributed by atoms with Gasteiger partial charge in [0.1, 0.15) is 11.8 Å². The molecular formula is C24H32N2O3. The Labute approximate surface area is 174 Å². The number of nitrogens with one attached hydrogen (secondary N) is 1. The fourth-order valence-electron chi connectivity index (χ4n) is 3.06. The molecule has 0 aliphatic carbocycles. The lowest BCUT2D eigenvalue weighted by Crippen LogP contribution is -2.50. The van der Waals surface area contributed by atoms with Crippen LogP contribution in [0.25, 0.3) is 0 Å². The van der Waals surface area contributed by atoms with Crippen LogP contribution in [-0.4, -0.2) is 35.4 Å². The van der Waals surface area contributed by atoms with Gasteiger partial charge in [0.05, 0.1) is 0 Å². The van der Waals surface area contributed by atoms with Gasteiger partial charge in [0.2, 0.25) is 5.91 Å². The third-order valence-corrected chi connectivity index (χ3v) is 5.11. The highest BCUT2D eigenvalue weighted by Crippen LogP contribution is 2.21. The van der Waals surface area contributed by atoms with Gasteiger partial charge < -0.3 is 15.0 Å². The van der Waals surface area contributed by atoms with Crippen LogP contribution in [0.5, 0.6) is 5.75 Å². The summed E-state index contributed by atoms with van der Waals surface area (Å²) in [6, 6.07) is 13.1. The molecular weight excluding hydrogens is 364 g/mol. The lowest BCUT2D eigenvalue weighted by molar-refractivity contribution is -0.142. The van der Waals surface area contributed by atoms with Gasteiger partial charge in [-0.05, 0) is 69.9 Å². The number of carbonyl (C=O) groups is 2. The Morgan fingerprint density at radius 2 is 1.62 bits per heavy atom. The average molecular weight is 397 g/mol. The lowest BCUT2D eigenvalue weighted by atomic mass is 10.1. The molecule has 1 unspecified atom stereocenters. The van der Waals surface area contributed by atoms with Crippen molar-refractivity contribution in [1.29, 1.82) is 0 Å². The van der Waals surface area contributed by atoms with Crippen molar-refractivity contribution in [3.8, 4) is 5.75 Å². The molecule has 1 atom stereocenters. The van der Waals surface area contributed by atoms with Gasteiger partial charge in [0, 0.05) is 12.6 Å². The molecule has 2 rings (SSSR count). The number of hydrogen-bond donors (Lipinski definition) is 1. The summed E-state index contributed by atoms with van der Waals surface area (Å²) < 4.78 is 5.82. The number of benzene rings is 2. The van der Waals surface area contributed by atoms with E-state index in [-0.39, 0.29) is 24.5 Å². The maximum absolute atomic E-state index is 13.1. The van der Waals surface area contributed by atoms with Crippen molar-refractivity contribution in [2.45, 2.75) is 60.2 Å². The Balaban J connectivity index is 2.20. The third kappa shape index (κ3) is 6.08. The van der Waals surface area contributed by atoms with E-state index < -0.39 is 6.04 Å². The maximum atomic E-state index is 13.1. The molecule has 0 aromatic heterocycles. The summed E-state index contributed by atoms with van der Waals surface area (Å²) in [7, 11) is 0. The van der Waals surface area contributed by atoms with E-state index in [4.69, 9.17) is 4.74 Å². The molecule has 5 heteroatoms. The summed E-state index contributed by atoms with van der Waals surface area (Å²) in [5.41, 5.74) is 4.21. The first-order valence-electron chi connectivity index (χ1n) is 10.0. The van der Waals surface area contributed by atoms with E-state index in [0.717, 1.165) is 22.3 Å². The minimum Gasteiger partial charge on any atom is -0.483 e. The molecule has 1 N–H and O–H groups in total. The van der Waals surface area contributed by atoms with E-state index in [0.29, 0.717) is 12.3 Å². The monoisotopic (exact) mass is 396 g/mol. The van der Waals surface area contributed by atoms with Gasteiger partial charge in [-0.25, -0.2) is 0 Å². The van der Waals surface area contributed by atoms with Gasteiger partial charge in [0.15, 0.2) is 6.61 Å². The van der Waals surface area contributed by atoms with Crippen LogP contribution in [0.15, 0.2) is 42.5 Å². The molecule has 0 spiro atoms. The zero-order valence-corrected chi connectivity index (χ0v) is 18.3. The SMILES string of the molecule is Cc1ccccc1CN(C(=O)COc1cccc(C)c1C)C(C)C(=O)NC(C)C. The number of rotatable bonds is 8. The van der Waals surface area contributed by atoms with Gasteiger partial charge in [-0.1, -0.05) is 36.4 Å². The van der Waals surface area contributed by atoms with Gasteiger partial charge in [-0.3, -0.25) is 9.59 Å². The van der Waals surface area contributed by atoms with E-state index in [1.54, 1.807) is 11.8 Å². The Bertz CT molecular complexity index is 861. The largest absolute Gasteiger partial charge is 0.483 e. The number of hydrogen-bond acceptors (Lipinski definition) is 3. The molecule has 156 valence electrons. The molecule has 0 heterocycles. The molecule has 0 saturated heterocycles. The molecule has 29 heavy (non-hydrogen) atoms. The molecule has 0 aliphatic heterocycles. The quantitative estimate of drug-likeness (QED) is 0.735. The minimum atomic E-state index is -0.605. The Kier molecular flexibility index (Phi) is 7.82. The predicted molar refractivity (Wildman–Crippen MR) is 116 cm³/mol. The van der Waals surface area contributed by atoms with Crippen LogP contribution in [-0.2, 0) is 16.1 Å². The van der Waals surface area contributed by atoms with Crippen molar-refractivity contribution in [3.63, 3.8) is 0 Å². The summed E-state index contributed by atoms with van der Waals surface area (Å²) in [5.74, 6) is 0.294. The molecule has 2 amide bonds. The molecule has 2 aromatic carbocycles. The number of nitrogens with zero attached hydrogens (tertiary/aromatic N) is 1. The number of ether oxygens (including phenoxy) is 1. The summed E-state index contributed by atoms with van der Waals surface area (Å²) >= 11 is 0. The van der Waals surface area contributed by atoms with Crippen molar-refractivity contribution < 1.29 is 14.3 Å². The first kappa shape index (κ1) is 22.5. The van der Waals surface area contributed by atoms with Gasteiger partial charge in [0.25, 0.3) is 5.91 Å². The third-order valence-electron chi connectivity index (χ3n) is 5.11. The van der Waals surface area contributed by atoms with Crippen LogP contribution in [0, 0.1) is 20.8 Å². The van der Waals surface area contributed by atoms with E-state index in [1.807, 2.05) is 77.1 Å². The van der Waals surface area contributed by atoms with Crippen LogP contribution in [0.1, 0.15) is 43.0 Å². The van der Waals surface area contributed by atoms with E-state index in [2.05, 4.69) is 5.32 Å². The number of amides is 2. The predicted octanol–water partition coefficient (Wildman–Crippen LogP) is 3.93. The van der Waals surface area contributed by atoms with Crippen LogP contribution in [0.4, 0.5) is 0 Å². The van der Waals surface area contributed by atoms with Crippen molar-refractivity contribution in [1.82, 2.24) is 10.2 Å². The normalized spacial score (nSPS) is 11.8. The van der Waals surface area contributed by atoms with E-state index in [9.17, 15) is 9.59 Å². The minimum absolute atomic E-state index is 0.00607. The second kappa shape index (κ2) is 10.1. The van der Waals surface area contributed by atoms with Crippen LogP contribution >= 0.6 is 0 Å². The smallest absolute Gasteiger partial charge is 0.261 e. The van der Waals surface area contributed by atoms with Gasteiger partial charge >= 0.3 is 0 Å². The highest BCUT2D eigenvalue weighted by Gasteiger charge is 2.27. The molecule has 0 radical (unpaired) electrons. The fourth-order valence-corrected chi connectivity index (χ4v) is 3.06. The molecule has 2 aromatic rings. The van der Waals surface area contributed by atoms with Crippen molar-refractivity contribution in [2.75, 3.05) is 6.61 Å². The highest BCUT2D eigenvalue weighted by atomic mass is 16.5. The van der Waals surface area contributed by atoms with Gasteiger partial charge in [-0.2, -0.15) is 0 Å². The summed E-state index contributed by atoms with van der Waals surface area (Å²) in [6.07, 6.45) is 0. The van der Waals surface area contributed by atoms with Gasteiger partial charge in [-0.15, -0.1) is 0 Å². The standard InChI is InChI=1S/C24H32N2O3/c1-16(2)25-24(28)20(6)26(14-21-12-8-7-10-18(21)4)23(27)15-29-22-13-9-11-17(3)19(22)5/h7-13,16,20H,14-15H2,1-6H3,(H,25,28). The Morgan fingerprint density at radius 3 is 2.28 bits per heavy atom. The second-order valence-electron chi connectivity index (χ2n) is 7.77. The first-order chi connectivity index (χ1) is 13.7. The topological polar surface area (TPSA) is 58.6 Å². The fraction of sp³-hybridized carbons (Fsp3) is 0.417. The highest BCUT2D eigenvalue weighted by molar-refractivity contribution is 5.88. The lowest BCUT2D eigenvalue weighted by Gasteiger charge is -2.30. The van der Waals surface area contributed by atoms with E-state index in [1.165, 1.54) is 0 Å². The molecule has 0 fully saturated rings. The van der Waals surface area contributed by atoms with Crippen LogP contribution < -0.4 is 10.1 Å². The zero-order valence-electron chi connectivity index (χ0n) is 18.3. The van der Waals surface area contributed by atoms with Crippen LogP contribution in [0.2, 0.25) is 0 Å². The Hall–Kier alpha value is -2.82. The number of carbonyl (C=O) groups excluding carboxylic acids is 2. The first-order valence-corrected chi connectivity index (χ1v) is 10.0. The van der Waals surface area contributed by atoms with Crippen molar-refractivity contribution in [2.24, 2.45) is 0 Å². The number of aryl methyl sites for hydroxylation is 2. The average Bonchev–Trinajstić information content (AvgIpc) is 2.67. The second-order valence-corrected chi connectivity index (χ2v) is 7.77. The van der Waals surface area contributed by atoms with Crippen molar-refractivity contribution in [3.05, 3.63) is 64.7 Å². The Morgan fingerprint density at radius 1 is 0.966 bits per heavy atom. The summed E-state index contributed by atoms with van der Waals surface area (Å²) in [4.78, 5) is 27.3. The zero-order chi connectivity index (χ0) is 21.6. The van der Waals surface area contributed by atoms with Crippen molar-refractivity contribution >= 4 is 11.8 Å². The summed E-state index contributed by atoms with van der Waals surface area (Å²) in [6.45, 7) is 11.8. The van der Waals surface area contributed by atoms with Crippen LogP contribution in [0.3, 0.4) is 0 Å². The molecule has 0 bridgehead atoms. The molecule has 0 saturated carbocycles. The summed E-state index contributed by atoms with van der Waals surface area (Å²) in [5, 5.41) is 2.89. The molecule has 5 nitrogen and oxygen atoms in total. The maximum Gasteiger partial charge on any atom is 0.261 e. The van der Waals surface area contributed by atoms with E-state index >= 15 is 0 Å². The molecule has 0 aliphatic rings.